The lowest BCUT2D eigenvalue weighted by atomic mass is 9.79. The Morgan fingerprint density at radius 3 is 1.11 bits per heavy atom. The lowest BCUT2D eigenvalue weighted by Gasteiger charge is -2.27. The monoisotopic (exact) mass is 495 g/mol. The number of esters is 1. The Hall–Kier alpha value is -0.530. The topological polar surface area (TPSA) is 26.3 Å². The highest BCUT2D eigenvalue weighted by Gasteiger charge is 2.33. The summed E-state index contributed by atoms with van der Waals surface area (Å²) in [7, 11) is 0. The van der Waals surface area contributed by atoms with Crippen molar-refractivity contribution in [1.29, 1.82) is 0 Å². The van der Waals surface area contributed by atoms with Crippen LogP contribution < -0.4 is 0 Å². The molecule has 0 aromatic heterocycles. The van der Waals surface area contributed by atoms with Crippen LogP contribution in [0.1, 0.15) is 195 Å². The SMILES string of the molecule is CCCCCCCCCCCCCCOC(=O)C(C)(CCCCCC)CCCCCCCCCC. The molecule has 0 fully saturated rings. The molecular formula is C33H66O2. The van der Waals surface area contributed by atoms with Crippen LogP contribution in [0.15, 0.2) is 0 Å². The predicted octanol–water partition coefficient (Wildman–Crippen LogP) is 11.7. The highest BCUT2D eigenvalue weighted by Crippen LogP contribution is 2.33. The Morgan fingerprint density at radius 1 is 0.457 bits per heavy atom. The van der Waals surface area contributed by atoms with Gasteiger partial charge in [-0.3, -0.25) is 4.79 Å². The molecule has 0 bridgehead atoms. The number of rotatable bonds is 28. The molecule has 2 heteroatoms. The fourth-order valence-corrected chi connectivity index (χ4v) is 5.20. The molecule has 0 radical (unpaired) electrons. The molecule has 35 heavy (non-hydrogen) atoms. The summed E-state index contributed by atoms with van der Waals surface area (Å²) in [4.78, 5) is 13.0. The van der Waals surface area contributed by atoms with Gasteiger partial charge in [-0.2, -0.15) is 0 Å². The average molecular weight is 495 g/mol. The molecule has 0 aliphatic rings. The van der Waals surface area contributed by atoms with Crippen molar-refractivity contribution in [2.75, 3.05) is 6.61 Å². The van der Waals surface area contributed by atoms with E-state index in [1.807, 2.05) is 0 Å². The zero-order chi connectivity index (χ0) is 25.9. The molecule has 2 nitrogen and oxygen atoms in total. The molecule has 210 valence electrons. The maximum absolute atomic E-state index is 13.0. The largest absolute Gasteiger partial charge is 0.465 e. The second kappa shape index (κ2) is 26.5. The van der Waals surface area contributed by atoms with E-state index in [1.165, 1.54) is 141 Å². The van der Waals surface area contributed by atoms with Gasteiger partial charge in [0.25, 0.3) is 0 Å². The first kappa shape index (κ1) is 34.5. The van der Waals surface area contributed by atoms with E-state index >= 15 is 0 Å². The van der Waals surface area contributed by atoms with Gasteiger partial charge in [-0.15, -0.1) is 0 Å². The summed E-state index contributed by atoms with van der Waals surface area (Å²) in [6, 6.07) is 0. The van der Waals surface area contributed by atoms with Crippen molar-refractivity contribution >= 4 is 5.97 Å². The summed E-state index contributed by atoms with van der Waals surface area (Å²) in [5, 5.41) is 0. The minimum Gasteiger partial charge on any atom is -0.465 e. The van der Waals surface area contributed by atoms with Crippen LogP contribution in [0.25, 0.3) is 0 Å². The molecule has 0 saturated carbocycles. The average Bonchev–Trinajstić information content (AvgIpc) is 2.86. The van der Waals surface area contributed by atoms with Crippen LogP contribution in [0.5, 0.6) is 0 Å². The van der Waals surface area contributed by atoms with Crippen LogP contribution >= 0.6 is 0 Å². The minimum atomic E-state index is -0.271. The van der Waals surface area contributed by atoms with Crippen LogP contribution in [0.4, 0.5) is 0 Å². The van der Waals surface area contributed by atoms with Gasteiger partial charge < -0.3 is 4.74 Å². The molecule has 0 spiro atoms. The molecule has 0 N–H and O–H groups in total. The highest BCUT2D eigenvalue weighted by atomic mass is 16.5. The Labute approximate surface area is 222 Å². The molecule has 0 saturated heterocycles. The van der Waals surface area contributed by atoms with E-state index in [9.17, 15) is 4.79 Å². The van der Waals surface area contributed by atoms with Crippen molar-refractivity contribution in [3.05, 3.63) is 0 Å². The van der Waals surface area contributed by atoms with Gasteiger partial charge in [0.2, 0.25) is 0 Å². The molecule has 0 aromatic carbocycles. The molecule has 0 aliphatic carbocycles. The predicted molar refractivity (Wildman–Crippen MR) is 156 cm³/mol. The number of carbonyl (C=O) groups excluding carboxylic acids is 1. The van der Waals surface area contributed by atoms with Gasteiger partial charge >= 0.3 is 5.97 Å². The fraction of sp³-hybridized carbons (Fsp3) is 0.970. The quantitative estimate of drug-likeness (QED) is 0.0798. The minimum absolute atomic E-state index is 0.0833. The van der Waals surface area contributed by atoms with Crippen LogP contribution in [-0.2, 0) is 9.53 Å². The van der Waals surface area contributed by atoms with Gasteiger partial charge in [-0.05, 0) is 26.2 Å². The van der Waals surface area contributed by atoms with Crippen molar-refractivity contribution in [3.63, 3.8) is 0 Å². The normalized spacial score (nSPS) is 13.1. The van der Waals surface area contributed by atoms with Gasteiger partial charge in [-0.25, -0.2) is 0 Å². The van der Waals surface area contributed by atoms with E-state index in [-0.39, 0.29) is 11.4 Å². The van der Waals surface area contributed by atoms with Crippen LogP contribution in [0.2, 0.25) is 0 Å². The second-order valence-electron chi connectivity index (χ2n) is 11.6. The number of carbonyl (C=O) groups is 1. The van der Waals surface area contributed by atoms with Gasteiger partial charge in [0.05, 0.1) is 12.0 Å². The second-order valence-corrected chi connectivity index (χ2v) is 11.6. The molecule has 0 heterocycles. The maximum atomic E-state index is 13.0. The van der Waals surface area contributed by atoms with E-state index < -0.39 is 0 Å². The van der Waals surface area contributed by atoms with E-state index in [0.29, 0.717) is 6.61 Å². The third-order valence-electron chi connectivity index (χ3n) is 7.89. The Balaban J connectivity index is 3.99. The first-order chi connectivity index (χ1) is 17.1. The number of unbranched alkanes of at least 4 members (excludes halogenated alkanes) is 21. The first-order valence-corrected chi connectivity index (χ1v) is 16.3. The lowest BCUT2D eigenvalue weighted by molar-refractivity contribution is -0.156. The van der Waals surface area contributed by atoms with Crippen LogP contribution in [0, 0.1) is 5.41 Å². The van der Waals surface area contributed by atoms with Gasteiger partial charge in [0, 0.05) is 0 Å². The van der Waals surface area contributed by atoms with Crippen molar-refractivity contribution in [2.45, 2.75) is 195 Å². The van der Waals surface area contributed by atoms with Gasteiger partial charge in [0.15, 0.2) is 0 Å². The van der Waals surface area contributed by atoms with Crippen LogP contribution in [0.3, 0.4) is 0 Å². The Morgan fingerprint density at radius 2 is 0.743 bits per heavy atom. The zero-order valence-electron chi connectivity index (χ0n) is 24.9. The zero-order valence-corrected chi connectivity index (χ0v) is 24.9. The van der Waals surface area contributed by atoms with Gasteiger partial charge in [0.1, 0.15) is 0 Å². The van der Waals surface area contributed by atoms with E-state index in [1.54, 1.807) is 0 Å². The number of hydrogen-bond donors (Lipinski definition) is 0. The lowest BCUT2D eigenvalue weighted by Crippen LogP contribution is -2.30. The molecule has 1 atom stereocenters. The van der Waals surface area contributed by atoms with Gasteiger partial charge in [-0.1, -0.05) is 168 Å². The highest BCUT2D eigenvalue weighted by molar-refractivity contribution is 5.76. The maximum Gasteiger partial charge on any atom is 0.311 e. The van der Waals surface area contributed by atoms with Crippen LogP contribution in [-0.4, -0.2) is 12.6 Å². The molecule has 0 aliphatic heterocycles. The summed E-state index contributed by atoms with van der Waals surface area (Å²) >= 11 is 0. The summed E-state index contributed by atoms with van der Waals surface area (Å²) in [5.41, 5.74) is -0.271. The third-order valence-corrected chi connectivity index (χ3v) is 7.89. The smallest absolute Gasteiger partial charge is 0.311 e. The fourth-order valence-electron chi connectivity index (χ4n) is 5.20. The molecule has 0 amide bonds. The first-order valence-electron chi connectivity index (χ1n) is 16.3. The van der Waals surface area contributed by atoms with E-state index in [2.05, 4.69) is 27.7 Å². The molecule has 1 unspecified atom stereocenters. The molecule has 0 rings (SSSR count). The van der Waals surface area contributed by atoms with E-state index in [0.717, 1.165) is 25.7 Å². The van der Waals surface area contributed by atoms with Crippen molar-refractivity contribution in [2.24, 2.45) is 5.41 Å². The summed E-state index contributed by atoms with van der Waals surface area (Å²) < 4.78 is 5.84. The Kier molecular flexibility index (Phi) is 26.1. The molecule has 0 aromatic rings. The number of hydrogen-bond acceptors (Lipinski definition) is 2. The third kappa shape index (κ3) is 22.4. The van der Waals surface area contributed by atoms with Crippen molar-refractivity contribution < 1.29 is 9.53 Å². The van der Waals surface area contributed by atoms with Crippen molar-refractivity contribution in [1.82, 2.24) is 0 Å². The molecular weight excluding hydrogens is 428 g/mol. The van der Waals surface area contributed by atoms with Crippen molar-refractivity contribution in [3.8, 4) is 0 Å². The van der Waals surface area contributed by atoms with E-state index in [4.69, 9.17) is 4.74 Å². The summed E-state index contributed by atoms with van der Waals surface area (Å²) in [5.74, 6) is 0.0833. The summed E-state index contributed by atoms with van der Waals surface area (Å²) in [6.07, 6.45) is 33.6. The summed E-state index contributed by atoms with van der Waals surface area (Å²) in [6.45, 7) is 9.62. The number of ether oxygens (including phenoxy) is 1. The standard InChI is InChI=1S/C33H66O2/c1-5-8-11-14-16-18-19-20-21-23-25-28-31-35-32(34)33(4,29-26-13-10-7-3)30-27-24-22-17-15-12-9-6-2/h5-31H2,1-4H3. The Bertz CT molecular complexity index is 433.